The molecule has 1 aromatic rings. The average molecular weight is 273 g/mol. The number of carbonyl (C=O) groups is 1. The van der Waals surface area contributed by atoms with Crippen LogP contribution in [-0.2, 0) is 11.2 Å². The normalized spacial score (nSPS) is 16.9. The van der Waals surface area contributed by atoms with Gasteiger partial charge in [0, 0.05) is 30.9 Å². The smallest absolute Gasteiger partial charge is 0.222 e. The summed E-state index contributed by atoms with van der Waals surface area (Å²) < 4.78 is 0.798. The van der Waals surface area contributed by atoms with E-state index in [9.17, 15) is 4.79 Å². The van der Waals surface area contributed by atoms with Gasteiger partial charge in [-0.1, -0.05) is 11.6 Å². The summed E-state index contributed by atoms with van der Waals surface area (Å²) in [6.07, 6.45) is 2.45. The van der Waals surface area contributed by atoms with Gasteiger partial charge in [-0.2, -0.15) is 0 Å². The van der Waals surface area contributed by atoms with Crippen LogP contribution >= 0.6 is 22.9 Å². The summed E-state index contributed by atoms with van der Waals surface area (Å²) in [5.74, 6) is 0.262. The molecule has 3 nitrogen and oxygen atoms in total. The maximum atomic E-state index is 12.0. The van der Waals surface area contributed by atoms with Crippen LogP contribution in [-0.4, -0.2) is 37.0 Å². The molecule has 1 aromatic heterocycles. The minimum absolute atomic E-state index is 0.262. The number of hydrogen-bond donors (Lipinski definition) is 1. The predicted octanol–water partition coefficient (Wildman–Crippen LogP) is 2.16. The molecule has 0 atom stereocenters. The first-order chi connectivity index (χ1) is 8.25. The van der Waals surface area contributed by atoms with Gasteiger partial charge in [-0.3, -0.25) is 4.79 Å². The zero-order chi connectivity index (χ0) is 12.1. The highest BCUT2D eigenvalue weighted by molar-refractivity contribution is 7.16. The zero-order valence-electron chi connectivity index (χ0n) is 9.75. The van der Waals surface area contributed by atoms with Crippen molar-refractivity contribution in [2.75, 3.05) is 26.2 Å². The SMILES string of the molecule is O=C(CCc1ccc(Cl)s1)N1CCCNCC1. The van der Waals surface area contributed by atoms with E-state index >= 15 is 0 Å². The minimum atomic E-state index is 0.262. The summed E-state index contributed by atoms with van der Waals surface area (Å²) in [5.41, 5.74) is 0. The summed E-state index contributed by atoms with van der Waals surface area (Å²) in [7, 11) is 0. The second kappa shape index (κ2) is 6.38. The molecule has 0 unspecified atom stereocenters. The molecule has 2 rings (SSSR count). The third kappa shape index (κ3) is 3.98. The number of amides is 1. The highest BCUT2D eigenvalue weighted by atomic mass is 35.5. The quantitative estimate of drug-likeness (QED) is 0.915. The molecule has 0 radical (unpaired) electrons. The molecular formula is C12H17ClN2OS. The molecule has 1 aliphatic heterocycles. The molecule has 0 spiro atoms. The van der Waals surface area contributed by atoms with Gasteiger partial charge in [0.15, 0.2) is 0 Å². The van der Waals surface area contributed by atoms with Crippen molar-refractivity contribution in [3.63, 3.8) is 0 Å². The second-order valence-corrected chi connectivity index (χ2v) is 5.99. The Labute approximate surface area is 111 Å². The highest BCUT2D eigenvalue weighted by Crippen LogP contribution is 2.22. The molecule has 2 heterocycles. The number of thiophene rings is 1. The molecule has 0 aliphatic carbocycles. The zero-order valence-corrected chi connectivity index (χ0v) is 11.3. The number of aryl methyl sites for hydroxylation is 1. The topological polar surface area (TPSA) is 32.3 Å². The maximum Gasteiger partial charge on any atom is 0.222 e. The van der Waals surface area contributed by atoms with Crippen molar-refractivity contribution in [3.05, 3.63) is 21.3 Å². The number of nitrogens with one attached hydrogen (secondary N) is 1. The van der Waals surface area contributed by atoms with E-state index in [0.29, 0.717) is 6.42 Å². The molecule has 0 bridgehead atoms. The first-order valence-electron chi connectivity index (χ1n) is 5.98. The van der Waals surface area contributed by atoms with Crippen LogP contribution in [0.4, 0.5) is 0 Å². The van der Waals surface area contributed by atoms with Crippen molar-refractivity contribution in [1.29, 1.82) is 0 Å². The number of hydrogen-bond acceptors (Lipinski definition) is 3. The van der Waals surface area contributed by atoms with Crippen molar-refractivity contribution < 1.29 is 4.79 Å². The van der Waals surface area contributed by atoms with Crippen LogP contribution in [0.25, 0.3) is 0 Å². The maximum absolute atomic E-state index is 12.0. The third-order valence-corrected chi connectivity index (χ3v) is 4.20. The number of nitrogens with zero attached hydrogens (tertiary/aromatic N) is 1. The lowest BCUT2D eigenvalue weighted by atomic mass is 10.2. The van der Waals surface area contributed by atoms with E-state index in [0.717, 1.165) is 43.4 Å². The van der Waals surface area contributed by atoms with E-state index in [4.69, 9.17) is 11.6 Å². The van der Waals surface area contributed by atoms with Crippen LogP contribution in [0.3, 0.4) is 0 Å². The van der Waals surface area contributed by atoms with Gasteiger partial charge in [0.25, 0.3) is 0 Å². The van der Waals surface area contributed by atoms with E-state index < -0.39 is 0 Å². The lowest BCUT2D eigenvalue weighted by Crippen LogP contribution is -2.34. The molecule has 1 fully saturated rings. The molecule has 94 valence electrons. The fraction of sp³-hybridized carbons (Fsp3) is 0.583. The van der Waals surface area contributed by atoms with Gasteiger partial charge in [0.05, 0.1) is 4.34 Å². The van der Waals surface area contributed by atoms with E-state index in [1.54, 1.807) is 11.3 Å². The van der Waals surface area contributed by atoms with Gasteiger partial charge >= 0.3 is 0 Å². The highest BCUT2D eigenvalue weighted by Gasteiger charge is 2.15. The minimum Gasteiger partial charge on any atom is -0.341 e. The van der Waals surface area contributed by atoms with E-state index in [2.05, 4.69) is 5.32 Å². The molecular weight excluding hydrogens is 256 g/mol. The molecule has 5 heteroatoms. The van der Waals surface area contributed by atoms with Crippen molar-refractivity contribution in [2.45, 2.75) is 19.3 Å². The predicted molar refractivity (Wildman–Crippen MR) is 71.7 cm³/mol. The number of carbonyl (C=O) groups excluding carboxylic acids is 1. The Morgan fingerprint density at radius 1 is 1.41 bits per heavy atom. The molecule has 0 aromatic carbocycles. The second-order valence-electron chi connectivity index (χ2n) is 4.19. The van der Waals surface area contributed by atoms with Crippen LogP contribution in [0, 0.1) is 0 Å². The first-order valence-corrected chi connectivity index (χ1v) is 7.18. The monoisotopic (exact) mass is 272 g/mol. The largest absolute Gasteiger partial charge is 0.341 e. The number of rotatable bonds is 3. The van der Waals surface area contributed by atoms with Crippen LogP contribution in [0.15, 0.2) is 12.1 Å². The van der Waals surface area contributed by atoms with Crippen molar-refractivity contribution in [2.24, 2.45) is 0 Å². The fourth-order valence-corrected chi connectivity index (χ4v) is 3.06. The summed E-state index contributed by atoms with van der Waals surface area (Å²) in [5, 5.41) is 3.30. The van der Waals surface area contributed by atoms with Crippen molar-refractivity contribution >= 4 is 28.8 Å². The van der Waals surface area contributed by atoms with Gasteiger partial charge < -0.3 is 10.2 Å². The lowest BCUT2D eigenvalue weighted by Gasteiger charge is -2.19. The lowest BCUT2D eigenvalue weighted by molar-refractivity contribution is -0.130. The Bertz CT molecular complexity index is 372. The van der Waals surface area contributed by atoms with Gasteiger partial charge in [0.1, 0.15) is 0 Å². The van der Waals surface area contributed by atoms with E-state index in [1.165, 1.54) is 4.88 Å². The average Bonchev–Trinajstić information content (AvgIpc) is 2.58. The third-order valence-electron chi connectivity index (χ3n) is 2.91. The Morgan fingerprint density at radius 3 is 3.06 bits per heavy atom. The van der Waals surface area contributed by atoms with Gasteiger partial charge in [0.2, 0.25) is 5.91 Å². The summed E-state index contributed by atoms with van der Waals surface area (Å²) in [6, 6.07) is 3.89. The van der Waals surface area contributed by atoms with Crippen LogP contribution in [0.5, 0.6) is 0 Å². The molecule has 1 saturated heterocycles. The molecule has 1 N–H and O–H groups in total. The van der Waals surface area contributed by atoms with Gasteiger partial charge in [-0.05, 0) is 31.5 Å². The van der Waals surface area contributed by atoms with Crippen molar-refractivity contribution in [3.8, 4) is 0 Å². The molecule has 0 saturated carbocycles. The molecule has 1 amide bonds. The number of halogens is 1. The molecule has 17 heavy (non-hydrogen) atoms. The summed E-state index contributed by atoms with van der Waals surface area (Å²) in [6.45, 7) is 3.65. The Hall–Kier alpha value is -0.580. The van der Waals surface area contributed by atoms with E-state index in [-0.39, 0.29) is 5.91 Å². The Kier molecular flexibility index (Phi) is 4.83. The standard InChI is InChI=1S/C12H17ClN2OS/c13-11-4-2-10(17-11)3-5-12(16)15-8-1-6-14-7-9-15/h2,4,14H,1,3,5-9H2. The van der Waals surface area contributed by atoms with Crippen LogP contribution in [0.1, 0.15) is 17.7 Å². The molecule has 1 aliphatic rings. The van der Waals surface area contributed by atoms with Gasteiger partial charge in [-0.15, -0.1) is 11.3 Å². The van der Waals surface area contributed by atoms with Crippen molar-refractivity contribution in [1.82, 2.24) is 10.2 Å². The van der Waals surface area contributed by atoms with E-state index in [1.807, 2.05) is 17.0 Å². The Morgan fingerprint density at radius 2 is 2.29 bits per heavy atom. The summed E-state index contributed by atoms with van der Waals surface area (Å²) in [4.78, 5) is 15.2. The van der Waals surface area contributed by atoms with Crippen LogP contribution < -0.4 is 5.32 Å². The Balaban J connectivity index is 1.79. The van der Waals surface area contributed by atoms with Gasteiger partial charge in [-0.25, -0.2) is 0 Å². The first kappa shape index (κ1) is 12.9. The van der Waals surface area contributed by atoms with Crippen LogP contribution in [0.2, 0.25) is 4.34 Å². The summed E-state index contributed by atoms with van der Waals surface area (Å²) >= 11 is 7.42. The fourth-order valence-electron chi connectivity index (χ4n) is 1.97.